The molecule has 0 saturated carbocycles. The Hall–Kier alpha value is -0.340. The molecule has 0 radical (unpaired) electrons. The topological polar surface area (TPSA) is 26.0 Å². The lowest BCUT2D eigenvalue weighted by atomic mass is 10.1. The van der Waals surface area contributed by atoms with Gasteiger partial charge in [-0.1, -0.05) is 6.07 Å². The molecule has 0 bridgehead atoms. The molecular formula is C9H15NS. The van der Waals surface area contributed by atoms with Gasteiger partial charge in [-0.2, -0.15) is 0 Å². The minimum atomic E-state index is 0.356. The van der Waals surface area contributed by atoms with Crippen LogP contribution >= 0.6 is 11.3 Å². The Morgan fingerprint density at radius 2 is 2.45 bits per heavy atom. The van der Waals surface area contributed by atoms with Crippen molar-refractivity contribution in [2.24, 2.45) is 5.73 Å². The molecule has 1 rings (SSSR count). The summed E-state index contributed by atoms with van der Waals surface area (Å²) in [7, 11) is 0. The van der Waals surface area contributed by atoms with Crippen molar-refractivity contribution in [1.82, 2.24) is 0 Å². The molecule has 0 aliphatic carbocycles. The molecule has 0 aliphatic rings. The number of nitrogens with two attached hydrogens (primary N) is 1. The van der Waals surface area contributed by atoms with E-state index in [0.717, 1.165) is 6.42 Å². The Kier molecular flexibility index (Phi) is 3.60. The Bertz CT molecular complexity index is 179. The van der Waals surface area contributed by atoms with E-state index < -0.39 is 0 Å². The van der Waals surface area contributed by atoms with Gasteiger partial charge >= 0.3 is 0 Å². The zero-order valence-corrected chi connectivity index (χ0v) is 7.73. The van der Waals surface area contributed by atoms with Crippen LogP contribution in [0.2, 0.25) is 0 Å². The maximum atomic E-state index is 5.64. The maximum Gasteiger partial charge on any atom is 0.00452 e. The first-order valence-electron chi connectivity index (χ1n) is 4.07. The van der Waals surface area contributed by atoms with Gasteiger partial charge in [0, 0.05) is 10.9 Å². The highest BCUT2D eigenvalue weighted by molar-refractivity contribution is 7.09. The van der Waals surface area contributed by atoms with Crippen LogP contribution in [0, 0.1) is 0 Å². The van der Waals surface area contributed by atoms with Crippen LogP contribution in [0.1, 0.15) is 24.6 Å². The molecule has 62 valence electrons. The molecule has 0 spiro atoms. The highest BCUT2D eigenvalue weighted by Crippen LogP contribution is 2.12. The Balaban J connectivity index is 2.14. The Labute approximate surface area is 72.2 Å². The van der Waals surface area contributed by atoms with Crippen LogP contribution in [0.15, 0.2) is 17.5 Å². The summed E-state index contributed by atoms with van der Waals surface area (Å²) in [5.41, 5.74) is 5.64. The molecule has 2 N–H and O–H groups in total. The number of aryl methyl sites for hydroxylation is 1. The predicted octanol–water partition coefficient (Wildman–Crippen LogP) is 2.42. The molecule has 1 unspecified atom stereocenters. The zero-order chi connectivity index (χ0) is 8.10. The van der Waals surface area contributed by atoms with Crippen molar-refractivity contribution >= 4 is 11.3 Å². The van der Waals surface area contributed by atoms with Crippen molar-refractivity contribution in [2.75, 3.05) is 0 Å². The van der Waals surface area contributed by atoms with Crippen LogP contribution in [0.25, 0.3) is 0 Å². The first-order valence-corrected chi connectivity index (χ1v) is 4.95. The largest absolute Gasteiger partial charge is 0.328 e. The van der Waals surface area contributed by atoms with Gasteiger partial charge in [0.25, 0.3) is 0 Å². The second kappa shape index (κ2) is 4.52. The van der Waals surface area contributed by atoms with Crippen molar-refractivity contribution < 1.29 is 0 Å². The third-order valence-electron chi connectivity index (χ3n) is 1.66. The van der Waals surface area contributed by atoms with E-state index in [1.807, 2.05) is 11.3 Å². The molecule has 1 heterocycles. The molecule has 0 amide bonds. The average Bonchev–Trinajstić information content (AvgIpc) is 2.39. The van der Waals surface area contributed by atoms with E-state index >= 15 is 0 Å². The van der Waals surface area contributed by atoms with Crippen molar-refractivity contribution in [3.8, 4) is 0 Å². The van der Waals surface area contributed by atoms with Crippen molar-refractivity contribution in [3.63, 3.8) is 0 Å². The molecule has 0 saturated heterocycles. The van der Waals surface area contributed by atoms with Gasteiger partial charge in [-0.05, 0) is 37.6 Å². The summed E-state index contributed by atoms with van der Waals surface area (Å²) < 4.78 is 0. The first-order chi connectivity index (χ1) is 5.29. The molecular weight excluding hydrogens is 154 g/mol. The van der Waals surface area contributed by atoms with Crippen LogP contribution in [0.4, 0.5) is 0 Å². The molecule has 11 heavy (non-hydrogen) atoms. The summed E-state index contributed by atoms with van der Waals surface area (Å²) in [6.07, 6.45) is 3.55. The summed E-state index contributed by atoms with van der Waals surface area (Å²) in [6.45, 7) is 2.06. The van der Waals surface area contributed by atoms with Crippen molar-refractivity contribution in [2.45, 2.75) is 32.2 Å². The minimum Gasteiger partial charge on any atom is -0.328 e. The molecule has 1 atom stereocenters. The van der Waals surface area contributed by atoms with E-state index in [-0.39, 0.29) is 0 Å². The molecule has 0 aliphatic heterocycles. The van der Waals surface area contributed by atoms with Gasteiger partial charge in [0.15, 0.2) is 0 Å². The summed E-state index contributed by atoms with van der Waals surface area (Å²) in [6, 6.07) is 4.65. The summed E-state index contributed by atoms with van der Waals surface area (Å²) in [5.74, 6) is 0. The van der Waals surface area contributed by atoms with Gasteiger partial charge in [-0.3, -0.25) is 0 Å². The fourth-order valence-electron chi connectivity index (χ4n) is 1.05. The van der Waals surface area contributed by atoms with E-state index in [1.165, 1.54) is 17.7 Å². The summed E-state index contributed by atoms with van der Waals surface area (Å²) >= 11 is 1.83. The third kappa shape index (κ3) is 3.54. The second-order valence-corrected chi connectivity index (χ2v) is 3.98. The van der Waals surface area contributed by atoms with Crippen LogP contribution in [0.5, 0.6) is 0 Å². The van der Waals surface area contributed by atoms with Crippen molar-refractivity contribution in [3.05, 3.63) is 22.4 Å². The van der Waals surface area contributed by atoms with Gasteiger partial charge in [0.2, 0.25) is 0 Å². The van der Waals surface area contributed by atoms with Crippen LogP contribution < -0.4 is 5.73 Å². The number of hydrogen-bond donors (Lipinski definition) is 1. The van der Waals surface area contributed by atoms with E-state index in [4.69, 9.17) is 5.73 Å². The smallest absolute Gasteiger partial charge is 0.00452 e. The SMILES string of the molecule is CC(N)CCCc1cccs1. The molecule has 2 heteroatoms. The predicted molar refractivity (Wildman–Crippen MR) is 50.9 cm³/mol. The molecule has 0 fully saturated rings. The lowest BCUT2D eigenvalue weighted by Crippen LogP contribution is -2.14. The van der Waals surface area contributed by atoms with Crippen molar-refractivity contribution in [1.29, 1.82) is 0 Å². The molecule has 0 aromatic carbocycles. The van der Waals surface area contributed by atoms with E-state index in [0.29, 0.717) is 6.04 Å². The average molecular weight is 169 g/mol. The third-order valence-corrected chi connectivity index (χ3v) is 2.60. The number of rotatable bonds is 4. The first kappa shape index (κ1) is 8.75. The molecule has 1 aromatic heterocycles. The normalized spacial score (nSPS) is 13.3. The number of thiophene rings is 1. The van der Waals surface area contributed by atoms with Gasteiger partial charge in [-0.15, -0.1) is 11.3 Å². The summed E-state index contributed by atoms with van der Waals surface area (Å²) in [4.78, 5) is 1.48. The van der Waals surface area contributed by atoms with Gasteiger partial charge in [0.05, 0.1) is 0 Å². The molecule has 1 aromatic rings. The molecule has 1 nitrogen and oxygen atoms in total. The van der Waals surface area contributed by atoms with E-state index in [9.17, 15) is 0 Å². The van der Waals surface area contributed by atoms with Gasteiger partial charge in [-0.25, -0.2) is 0 Å². The number of hydrogen-bond acceptors (Lipinski definition) is 2. The van der Waals surface area contributed by atoms with Crippen LogP contribution in [-0.2, 0) is 6.42 Å². The fourth-order valence-corrected chi connectivity index (χ4v) is 1.80. The fraction of sp³-hybridized carbons (Fsp3) is 0.556. The van der Waals surface area contributed by atoms with Gasteiger partial charge < -0.3 is 5.73 Å². The van der Waals surface area contributed by atoms with Gasteiger partial charge in [0.1, 0.15) is 0 Å². The Morgan fingerprint density at radius 1 is 1.64 bits per heavy atom. The standard InChI is InChI=1S/C9H15NS/c1-8(10)4-2-5-9-6-3-7-11-9/h3,6-8H,2,4-5,10H2,1H3. The highest BCUT2D eigenvalue weighted by Gasteiger charge is 1.96. The highest BCUT2D eigenvalue weighted by atomic mass is 32.1. The minimum absolute atomic E-state index is 0.356. The summed E-state index contributed by atoms with van der Waals surface area (Å²) in [5, 5.41) is 2.13. The van der Waals surface area contributed by atoms with E-state index in [1.54, 1.807) is 0 Å². The monoisotopic (exact) mass is 169 g/mol. The van der Waals surface area contributed by atoms with Crippen LogP contribution in [0.3, 0.4) is 0 Å². The zero-order valence-electron chi connectivity index (χ0n) is 6.92. The van der Waals surface area contributed by atoms with Crippen LogP contribution in [-0.4, -0.2) is 6.04 Å². The second-order valence-electron chi connectivity index (χ2n) is 2.95. The lowest BCUT2D eigenvalue weighted by Gasteiger charge is -2.02. The maximum absolute atomic E-state index is 5.64. The quantitative estimate of drug-likeness (QED) is 0.736. The van der Waals surface area contributed by atoms with E-state index in [2.05, 4.69) is 24.4 Å². The lowest BCUT2D eigenvalue weighted by molar-refractivity contribution is 0.627. The Morgan fingerprint density at radius 3 is 3.00 bits per heavy atom.